The SMILES string of the molecule is CN(C(=O)c1ccc(F)c(F)c1)c1ccccc1C(N)=S. The molecule has 0 saturated heterocycles. The maximum Gasteiger partial charge on any atom is 0.258 e. The molecule has 0 fully saturated rings. The Hall–Kier alpha value is -2.34. The predicted molar refractivity (Wildman–Crippen MR) is 81.4 cm³/mol. The number of anilines is 1. The predicted octanol–water partition coefficient (Wildman–Crippen LogP) is 2.88. The molecule has 108 valence electrons. The molecule has 0 aliphatic rings. The number of hydrogen-bond acceptors (Lipinski definition) is 2. The van der Waals surface area contributed by atoms with Crippen molar-refractivity contribution < 1.29 is 13.6 Å². The number of hydrogen-bond donors (Lipinski definition) is 1. The van der Waals surface area contributed by atoms with E-state index in [1.165, 1.54) is 18.0 Å². The number of nitrogens with two attached hydrogens (primary N) is 1. The number of carbonyl (C=O) groups is 1. The van der Waals surface area contributed by atoms with Gasteiger partial charge in [-0.15, -0.1) is 0 Å². The Morgan fingerprint density at radius 3 is 2.43 bits per heavy atom. The van der Waals surface area contributed by atoms with Crippen LogP contribution in [0, 0.1) is 11.6 Å². The zero-order chi connectivity index (χ0) is 15.6. The summed E-state index contributed by atoms with van der Waals surface area (Å²) in [6, 6.07) is 9.83. The van der Waals surface area contributed by atoms with E-state index < -0.39 is 17.5 Å². The molecular formula is C15H12F2N2OS. The van der Waals surface area contributed by atoms with Gasteiger partial charge in [-0.05, 0) is 30.3 Å². The second kappa shape index (κ2) is 5.97. The second-order valence-electron chi connectivity index (χ2n) is 4.37. The number of benzene rings is 2. The van der Waals surface area contributed by atoms with Crippen LogP contribution < -0.4 is 10.6 Å². The van der Waals surface area contributed by atoms with Crippen LogP contribution in [0.25, 0.3) is 0 Å². The first-order valence-corrected chi connectivity index (χ1v) is 6.44. The summed E-state index contributed by atoms with van der Waals surface area (Å²) in [7, 11) is 1.51. The molecule has 2 N–H and O–H groups in total. The van der Waals surface area contributed by atoms with E-state index in [2.05, 4.69) is 0 Å². The van der Waals surface area contributed by atoms with Gasteiger partial charge in [0.25, 0.3) is 5.91 Å². The first-order chi connectivity index (χ1) is 9.91. The molecule has 0 aromatic heterocycles. The largest absolute Gasteiger partial charge is 0.389 e. The Morgan fingerprint density at radius 1 is 1.14 bits per heavy atom. The number of carbonyl (C=O) groups excluding carboxylic acids is 1. The quantitative estimate of drug-likeness (QED) is 0.887. The van der Waals surface area contributed by atoms with Gasteiger partial charge in [0.1, 0.15) is 4.99 Å². The maximum atomic E-state index is 13.2. The fourth-order valence-corrected chi connectivity index (χ4v) is 2.08. The minimum absolute atomic E-state index is 0.0362. The third-order valence-corrected chi connectivity index (χ3v) is 3.22. The molecule has 1 amide bonds. The summed E-state index contributed by atoms with van der Waals surface area (Å²) >= 11 is 4.94. The van der Waals surface area contributed by atoms with E-state index >= 15 is 0 Å². The lowest BCUT2D eigenvalue weighted by atomic mass is 10.1. The van der Waals surface area contributed by atoms with Gasteiger partial charge in [-0.25, -0.2) is 8.78 Å². The molecule has 0 aliphatic carbocycles. The van der Waals surface area contributed by atoms with Crippen molar-refractivity contribution in [3.63, 3.8) is 0 Å². The Labute approximate surface area is 126 Å². The molecule has 0 radical (unpaired) electrons. The van der Waals surface area contributed by atoms with Crippen molar-refractivity contribution in [1.82, 2.24) is 0 Å². The van der Waals surface area contributed by atoms with E-state index in [0.29, 0.717) is 11.3 Å². The van der Waals surface area contributed by atoms with E-state index in [9.17, 15) is 13.6 Å². The van der Waals surface area contributed by atoms with Crippen molar-refractivity contribution in [1.29, 1.82) is 0 Å². The van der Waals surface area contributed by atoms with Crippen molar-refractivity contribution in [3.05, 3.63) is 65.2 Å². The van der Waals surface area contributed by atoms with Crippen molar-refractivity contribution in [3.8, 4) is 0 Å². The van der Waals surface area contributed by atoms with Gasteiger partial charge in [-0.1, -0.05) is 24.4 Å². The molecule has 0 atom stereocenters. The first-order valence-electron chi connectivity index (χ1n) is 6.03. The maximum absolute atomic E-state index is 13.2. The van der Waals surface area contributed by atoms with Crippen molar-refractivity contribution in [2.45, 2.75) is 0 Å². The molecule has 0 spiro atoms. The number of amides is 1. The lowest BCUT2D eigenvalue weighted by Gasteiger charge is -2.20. The van der Waals surface area contributed by atoms with Crippen molar-refractivity contribution in [2.24, 2.45) is 5.73 Å². The highest BCUT2D eigenvalue weighted by atomic mass is 32.1. The van der Waals surface area contributed by atoms with Crippen LogP contribution in [-0.2, 0) is 0 Å². The Balaban J connectivity index is 2.40. The van der Waals surface area contributed by atoms with E-state index in [4.69, 9.17) is 18.0 Å². The van der Waals surface area contributed by atoms with E-state index in [-0.39, 0.29) is 10.6 Å². The lowest BCUT2D eigenvalue weighted by molar-refractivity contribution is 0.0992. The summed E-state index contributed by atoms with van der Waals surface area (Å²) < 4.78 is 26.1. The molecule has 2 aromatic carbocycles. The summed E-state index contributed by atoms with van der Waals surface area (Å²) in [5.41, 5.74) is 6.69. The number of halogens is 2. The zero-order valence-electron chi connectivity index (χ0n) is 11.1. The van der Waals surface area contributed by atoms with Gasteiger partial charge >= 0.3 is 0 Å². The van der Waals surface area contributed by atoms with Gasteiger partial charge in [-0.3, -0.25) is 4.79 Å². The molecule has 0 aliphatic heterocycles. The molecule has 21 heavy (non-hydrogen) atoms. The lowest BCUT2D eigenvalue weighted by Crippen LogP contribution is -2.28. The highest BCUT2D eigenvalue weighted by Gasteiger charge is 2.18. The standard InChI is InChI=1S/C15H12F2N2OS/c1-19(13-5-3-2-4-10(13)14(18)21)15(20)9-6-7-11(16)12(17)8-9/h2-8H,1H3,(H2,18,21). The van der Waals surface area contributed by atoms with Gasteiger partial charge in [-0.2, -0.15) is 0 Å². The minimum Gasteiger partial charge on any atom is -0.389 e. The topological polar surface area (TPSA) is 46.3 Å². The Kier molecular flexibility index (Phi) is 4.28. The molecule has 6 heteroatoms. The molecule has 0 unspecified atom stereocenters. The van der Waals surface area contributed by atoms with Gasteiger partial charge in [0.15, 0.2) is 11.6 Å². The molecule has 0 saturated carbocycles. The normalized spacial score (nSPS) is 10.2. The second-order valence-corrected chi connectivity index (χ2v) is 4.81. The highest BCUT2D eigenvalue weighted by Crippen LogP contribution is 2.21. The number of nitrogens with zero attached hydrogens (tertiary/aromatic N) is 1. The monoisotopic (exact) mass is 306 g/mol. The van der Waals surface area contributed by atoms with Crippen LogP contribution in [0.5, 0.6) is 0 Å². The van der Waals surface area contributed by atoms with E-state index in [1.807, 2.05) is 0 Å². The molecule has 2 aromatic rings. The number of rotatable bonds is 3. The van der Waals surface area contributed by atoms with Crippen LogP contribution >= 0.6 is 12.2 Å². The molecular weight excluding hydrogens is 294 g/mol. The smallest absolute Gasteiger partial charge is 0.258 e. The van der Waals surface area contributed by atoms with Crippen LogP contribution in [0.15, 0.2) is 42.5 Å². The summed E-state index contributed by atoms with van der Waals surface area (Å²) in [6.45, 7) is 0. The average molecular weight is 306 g/mol. The van der Waals surface area contributed by atoms with E-state index in [1.54, 1.807) is 24.3 Å². The van der Waals surface area contributed by atoms with Gasteiger partial charge in [0, 0.05) is 18.2 Å². The third kappa shape index (κ3) is 3.05. The summed E-state index contributed by atoms with van der Waals surface area (Å²) in [5.74, 6) is -2.56. The van der Waals surface area contributed by atoms with Crippen molar-refractivity contribution in [2.75, 3.05) is 11.9 Å². The van der Waals surface area contributed by atoms with E-state index in [0.717, 1.165) is 12.1 Å². The first kappa shape index (κ1) is 15.1. The van der Waals surface area contributed by atoms with Gasteiger partial charge < -0.3 is 10.6 Å². The van der Waals surface area contributed by atoms with Gasteiger partial charge in [0.2, 0.25) is 0 Å². The highest BCUT2D eigenvalue weighted by molar-refractivity contribution is 7.80. The molecule has 0 bridgehead atoms. The molecule has 0 heterocycles. The fourth-order valence-electron chi connectivity index (χ4n) is 1.91. The van der Waals surface area contributed by atoms with Crippen LogP contribution in [0.1, 0.15) is 15.9 Å². The number of thiocarbonyl (C=S) groups is 1. The van der Waals surface area contributed by atoms with Crippen LogP contribution in [0.2, 0.25) is 0 Å². The van der Waals surface area contributed by atoms with Crippen LogP contribution in [0.4, 0.5) is 14.5 Å². The fraction of sp³-hybridized carbons (Fsp3) is 0.0667. The Bertz CT molecular complexity index is 719. The minimum atomic E-state index is -1.07. The third-order valence-electron chi connectivity index (χ3n) is 3.00. The van der Waals surface area contributed by atoms with Crippen LogP contribution in [0.3, 0.4) is 0 Å². The number of para-hydroxylation sites is 1. The van der Waals surface area contributed by atoms with Crippen LogP contribution in [-0.4, -0.2) is 17.9 Å². The average Bonchev–Trinajstić information content (AvgIpc) is 2.48. The Morgan fingerprint density at radius 2 is 1.81 bits per heavy atom. The van der Waals surface area contributed by atoms with Gasteiger partial charge in [0.05, 0.1) is 5.69 Å². The molecule has 3 nitrogen and oxygen atoms in total. The summed E-state index contributed by atoms with van der Waals surface area (Å²) in [4.78, 5) is 13.8. The summed E-state index contributed by atoms with van der Waals surface area (Å²) in [6.07, 6.45) is 0. The zero-order valence-corrected chi connectivity index (χ0v) is 12.0. The summed E-state index contributed by atoms with van der Waals surface area (Å²) in [5, 5.41) is 0. The van der Waals surface area contributed by atoms with Crippen molar-refractivity contribution >= 4 is 28.8 Å². The molecule has 2 rings (SSSR count).